The van der Waals surface area contributed by atoms with E-state index < -0.39 is 5.89 Å². The Bertz CT molecular complexity index is 772. The summed E-state index contributed by atoms with van der Waals surface area (Å²) in [5, 5.41) is 3.84. The van der Waals surface area contributed by atoms with Crippen molar-refractivity contribution in [2.24, 2.45) is 5.89 Å². The molecule has 4 heteroatoms. The number of carbonyl (C=O) groups is 1. The van der Waals surface area contributed by atoms with Crippen LogP contribution < -0.4 is 5.32 Å². The quantitative estimate of drug-likeness (QED) is 0.807. The van der Waals surface area contributed by atoms with Crippen LogP contribution in [0.2, 0.25) is 0 Å². The second kappa shape index (κ2) is 5.75. The van der Waals surface area contributed by atoms with Gasteiger partial charge in [-0.1, -0.05) is 30.4 Å². The van der Waals surface area contributed by atoms with Gasteiger partial charge in [-0.05, 0) is 47.2 Å². The number of hydrogen-bond acceptors (Lipinski definition) is 2. The zero-order chi connectivity index (χ0) is 14.9. The predicted octanol–water partition coefficient (Wildman–Crippen LogP) is 3.91. The van der Waals surface area contributed by atoms with E-state index in [-0.39, 0.29) is 5.91 Å². The fraction of sp³-hybridized carbons (Fsp3) is 0.125. The smallest absolute Gasteiger partial charge is 0.231 e. The number of halogens is 1. The number of amides is 1. The van der Waals surface area contributed by atoms with E-state index in [9.17, 15) is 4.79 Å². The molecule has 1 heterocycles. The normalized spacial score (nSPS) is 21.8. The van der Waals surface area contributed by atoms with Gasteiger partial charge in [0, 0.05) is 16.5 Å². The number of pyridine rings is 1. The Morgan fingerprint density at radius 3 is 3.10 bits per heavy atom. The molecule has 1 aromatic carbocycles. The first-order valence-electron chi connectivity index (χ1n) is 6.79. The molecule has 0 fully saturated rings. The molecule has 3 nitrogen and oxygen atoms in total. The molecule has 1 unspecified atom stereocenters. The van der Waals surface area contributed by atoms with Crippen molar-refractivity contribution in [1.29, 1.82) is 0 Å². The van der Waals surface area contributed by atoms with Crippen molar-refractivity contribution in [3.63, 3.8) is 0 Å². The van der Waals surface area contributed by atoms with Gasteiger partial charge >= 0.3 is 0 Å². The molecular weight excluding hydrogens is 363 g/mol. The summed E-state index contributed by atoms with van der Waals surface area (Å²) in [4.78, 5) is 16.8. The van der Waals surface area contributed by atoms with Gasteiger partial charge in [-0.3, -0.25) is 9.78 Å². The molecule has 2 aromatic rings. The number of benzene rings is 1. The van der Waals surface area contributed by atoms with Gasteiger partial charge in [0.15, 0.2) is 0 Å². The number of fused-ring (bicyclic) bond motifs is 1. The molecule has 1 atom stereocenters. The Labute approximate surface area is 132 Å². The first kappa shape index (κ1) is 12.1. The van der Waals surface area contributed by atoms with Crippen LogP contribution in [0, 0.1) is 9.46 Å². The van der Waals surface area contributed by atoms with Crippen molar-refractivity contribution in [3.05, 3.63) is 58.3 Å². The Hall–Kier alpha value is -1.69. The molecule has 0 spiro atoms. The van der Waals surface area contributed by atoms with Crippen LogP contribution in [0.3, 0.4) is 0 Å². The minimum absolute atomic E-state index is 0.337. The summed E-state index contributed by atoms with van der Waals surface area (Å²) in [5.41, 5.74) is 1.39. The van der Waals surface area contributed by atoms with Crippen LogP contribution in [0.1, 0.15) is 7.79 Å². The lowest BCUT2D eigenvalue weighted by atomic mass is 10.00. The molecular formula is C16H13IN2O. The van der Waals surface area contributed by atoms with Crippen LogP contribution in [-0.4, -0.2) is 10.9 Å². The summed E-state index contributed by atoms with van der Waals surface area (Å²) in [5.74, 6) is -1.59. The number of hydrogen-bond donors (Lipinski definition) is 1. The minimum atomic E-state index is -1.25. The van der Waals surface area contributed by atoms with Gasteiger partial charge in [0.05, 0.1) is 17.1 Å². The molecule has 1 amide bonds. The Morgan fingerprint density at radius 1 is 1.40 bits per heavy atom. The van der Waals surface area contributed by atoms with Gasteiger partial charge < -0.3 is 5.32 Å². The van der Waals surface area contributed by atoms with Crippen molar-refractivity contribution in [2.45, 2.75) is 6.42 Å². The van der Waals surface area contributed by atoms with E-state index in [0.29, 0.717) is 12.1 Å². The number of anilines is 1. The van der Waals surface area contributed by atoms with Gasteiger partial charge in [-0.15, -0.1) is 0 Å². The third-order valence-electron chi connectivity index (χ3n) is 3.14. The monoisotopic (exact) mass is 377 g/mol. The summed E-state index contributed by atoms with van der Waals surface area (Å²) in [6.07, 6.45) is 9.11. The zero-order valence-electron chi connectivity index (χ0n) is 11.6. The molecule has 0 radical (unpaired) electrons. The Morgan fingerprint density at radius 2 is 2.30 bits per heavy atom. The number of rotatable bonds is 2. The van der Waals surface area contributed by atoms with Crippen molar-refractivity contribution in [2.75, 3.05) is 5.32 Å². The third kappa shape index (κ3) is 2.60. The topological polar surface area (TPSA) is 42.0 Å². The summed E-state index contributed by atoms with van der Waals surface area (Å²) in [7, 11) is 0. The SMILES string of the molecule is [2H]C1(C(=O)Nc2ccc(I)c3cccnc23)C=CC=CC1. The van der Waals surface area contributed by atoms with Crippen molar-refractivity contribution in [1.82, 2.24) is 4.98 Å². The Kier molecular flexibility index (Phi) is 3.47. The predicted molar refractivity (Wildman–Crippen MR) is 89.5 cm³/mol. The molecule has 0 aliphatic heterocycles. The van der Waals surface area contributed by atoms with Crippen molar-refractivity contribution >= 4 is 45.1 Å². The second-order valence-corrected chi connectivity index (χ2v) is 5.63. The summed E-state index contributed by atoms with van der Waals surface area (Å²) < 4.78 is 9.33. The largest absolute Gasteiger partial charge is 0.324 e. The highest BCUT2D eigenvalue weighted by atomic mass is 127. The highest BCUT2D eigenvalue weighted by Gasteiger charge is 2.17. The maximum atomic E-state index is 12.4. The van der Waals surface area contributed by atoms with Crippen LogP contribution in [0.5, 0.6) is 0 Å². The summed E-state index contributed by atoms with van der Waals surface area (Å²) in [6.45, 7) is 0. The minimum Gasteiger partial charge on any atom is -0.324 e. The fourth-order valence-electron chi connectivity index (χ4n) is 2.12. The maximum Gasteiger partial charge on any atom is 0.231 e. The first-order valence-corrected chi connectivity index (χ1v) is 7.37. The molecule has 3 rings (SSSR count). The molecule has 1 N–H and O–H groups in total. The standard InChI is InChI=1S/C16H13IN2O/c17-13-8-9-14(15-12(13)7-4-10-18-15)19-16(20)11-5-2-1-3-6-11/h1-5,7-11H,6H2,(H,19,20)/i11D. The third-order valence-corrected chi connectivity index (χ3v) is 4.08. The number of carbonyl (C=O) groups excluding carboxylic acids is 1. The lowest BCUT2D eigenvalue weighted by Gasteiger charge is -2.14. The molecule has 20 heavy (non-hydrogen) atoms. The first-order chi connectivity index (χ1) is 10.1. The maximum absolute atomic E-state index is 12.4. The van der Waals surface area contributed by atoms with Crippen LogP contribution in [0.4, 0.5) is 5.69 Å². The van der Waals surface area contributed by atoms with Crippen molar-refractivity contribution < 1.29 is 6.17 Å². The molecule has 0 saturated heterocycles. The van der Waals surface area contributed by atoms with E-state index >= 15 is 0 Å². The zero-order valence-corrected chi connectivity index (χ0v) is 12.8. The van der Waals surface area contributed by atoms with Crippen LogP contribution in [-0.2, 0) is 4.79 Å². The van der Waals surface area contributed by atoms with Gasteiger partial charge in [-0.2, -0.15) is 0 Å². The van der Waals surface area contributed by atoms with Crippen LogP contribution in [0.15, 0.2) is 54.8 Å². The van der Waals surface area contributed by atoms with E-state index in [0.717, 1.165) is 14.5 Å². The van der Waals surface area contributed by atoms with Gasteiger partial charge in [0.25, 0.3) is 0 Å². The van der Waals surface area contributed by atoms with E-state index in [2.05, 4.69) is 32.9 Å². The lowest BCUT2D eigenvalue weighted by Crippen LogP contribution is -2.21. The number of nitrogens with zero attached hydrogens (tertiary/aromatic N) is 1. The number of nitrogens with one attached hydrogen (secondary N) is 1. The second-order valence-electron chi connectivity index (χ2n) is 4.47. The average Bonchev–Trinajstić information content (AvgIpc) is 2.51. The van der Waals surface area contributed by atoms with Gasteiger partial charge in [0.2, 0.25) is 5.91 Å². The average molecular weight is 377 g/mol. The van der Waals surface area contributed by atoms with Crippen LogP contribution >= 0.6 is 22.6 Å². The summed E-state index contributed by atoms with van der Waals surface area (Å²) >= 11 is 2.24. The van der Waals surface area contributed by atoms with Gasteiger partial charge in [-0.25, -0.2) is 0 Å². The van der Waals surface area contributed by atoms with Crippen molar-refractivity contribution in [3.8, 4) is 0 Å². The van der Waals surface area contributed by atoms with E-state index in [4.69, 9.17) is 1.37 Å². The molecule has 0 bridgehead atoms. The van der Waals surface area contributed by atoms with E-state index in [1.165, 1.54) is 0 Å². The Balaban J connectivity index is 1.96. The fourth-order valence-corrected chi connectivity index (χ4v) is 2.74. The summed E-state index contributed by atoms with van der Waals surface area (Å²) in [6, 6.07) is 7.62. The van der Waals surface area contributed by atoms with Crippen LogP contribution in [0.25, 0.3) is 10.9 Å². The molecule has 100 valence electrons. The van der Waals surface area contributed by atoms with E-state index in [1.54, 1.807) is 18.3 Å². The molecule has 1 aliphatic rings. The lowest BCUT2D eigenvalue weighted by molar-refractivity contribution is -0.118. The van der Waals surface area contributed by atoms with Gasteiger partial charge in [0.1, 0.15) is 0 Å². The molecule has 0 saturated carbocycles. The highest BCUT2D eigenvalue weighted by Crippen LogP contribution is 2.26. The van der Waals surface area contributed by atoms with E-state index in [1.807, 2.05) is 36.4 Å². The highest BCUT2D eigenvalue weighted by molar-refractivity contribution is 14.1. The molecule has 1 aliphatic carbocycles. The number of allylic oxidation sites excluding steroid dienone is 3. The molecule has 1 aromatic heterocycles. The number of aromatic nitrogens is 1.